The number of nitrogens with two attached hydrogens (primary N) is 1. The normalized spacial score (nSPS) is 10.3. The lowest BCUT2D eigenvalue weighted by Gasteiger charge is -2.23. The minimum atomic E-state index is 0.391. The lowest BCUT2D eigenvalue weighted by Crippen LogP contribution is -2.26. The first kappa shape index (κ1) is 13.0. The molecule has 2 N–H and O–H groups in total. The predicted octanol–water partition coefficient (Wildman–Crippen LogP) is 2.80. The van der Waals surface area contributed by atoms with Gasteiger partial charge in [0.25, 0.3) is 0 Å². The van der Waals surface area contributed by atoms with Gasteiger partial charge in [-0.25, -0.2) is 4.98 Å². The van der Waals surface area contributed by atoms with E-state index in [1.165, 1.54) is 4.88 Å². The molecule has 0 aromatic carbocycles. The average molecular weight is 277 g/mol. The third-order valence-corrected chi connectivity index (χ3v) is 3.74. The molecule has 0 aliphatic rings. The van der Waals surface area contributed by atoms with Crippen molar-refractivity contribution in [3.05, 3.63) is 46.3 Å². The zero-order valence-electron chi connectivity index (χ0n) is 10.2. The molecular formula is C13H15N3S2. The van der Waals surface area contributed by atoms with Crippen LogP contribution in [0.4, 0.5) is 5.82 Å². The average Bonchev–Trinajstić information content (AvgIpc) is 2.88. The van der Waals surface area contributed by atoms with E-state index >= 15 is 0 Å². The molecule has 0 spiro atoms. The van der Waals surface area contributed by atoms with Crippen molar-refractivity contribution >= 4 is 34.4 Å². The highest BCUT2D eigenvalue weighted by Gasteiger charge is 2.13. The maximum Gasteiger partial charge on any atom is 0.139 e. The molecule has 3 nitrogen and oxygen atoms in total. The Kier molecular flexibility index (Phi) is 4.28. The van der Waals surface area contributed by atoms with Gasteiger partial charge in [-0.05, 0) is 30.5 Å². The van der Waals surface area contributed by atoms with Gasteiger partial charge < -0.3 is 10.6 Å². The summed E-state index contributed by atoms with van der Waals surface area (Å²) in [6.45, 7) is 3.80. The molecule has 2 rings (SSSR count). The Balaban J connectivity index is 2.30. The molecule has 0 saturated heterocycles. The fraction of sp³-hybridized carbons (Fsp3) is 0.231. The molecular weight excluding hydrogens is 262 g/mol. The van der Waals surface area contributed by atoms with Crippen LogP contribution < -0.4 is 10.6 Å². The zero-order chi connectivity index (χ0) is 13.0. The summed E-state index contributed by atoms with van der Waals surface area (Å²) in [5, 5.41) is 2.08. The van der Waals surface area contributed by atoms with Gasteiger partial charge in [0, 0.05) is 17.6 Å². The van der Waals surface area contributed by atoms with Crippen molar-refractivity contribution in [3.63, 3.8) is 0 Å². The summed E-state index contributed by atoms with van der Waals surface area (Å²) < 4.78 is 0. The van der Waals surface area contributed by atoms with Crippen LogP contribution in [0.2, 0.25) is 0 Å². The van der Waals surface area contributed by atoms with Crippen LogP contribution in [0, 0.1) is 0 Å². The number of thiophene rings is 1. The van der Waals surface area contributed by atoms with Crippen LogP contribution in [0.1, 0.15) is 17.4 Å². The van der Waals surface area contributed by atoms with Crippen LogP contribution >= 0.6 is 23.6 Å². The first-order valence-corrected chi connectivity index (χ1v) is 7.03. The Morgan fingerprint density at radius 3 is 2.89 bits per heavy atom. The molecule has 18 heavy (non-hydrogen) atoms. The van der Waals surface area contributed by atoms with E-state index in [4.69, 9.17) is 18.0 Å². The van der Waals surface area contributed by atoms with Crippen molar-refractivity contribution in [3.8, 4) is 0 Å². The highest BCUT2D eigenvalue weighted by atomic mass is 32.1. The fourth-order valence-corrected chi connectivity index (χ4v) is 2.65. The molecule has 0 radical (unpaired) electrons. The second-order valence-corrected chi connectivity index (χ2v) is 5.30. The van der Waals surface area contributed by atoms with Crippen LogP contribution in [-0.2, 0) is 6.54 Å². The Labute approximate surface area is 116 Å². The summed E-state index contributed by atoms with van der Waals surface area (Å²) in [5.74, 6) is 0.862. The second-order valence-electron chi connectivity index (χ2n) is 3.83. The van der Waals surface area contributed by atoms with Gasteiger partial charge in [-0.2, -0.15) is 0 Å². The fourth-order valence-electron chi connectivity index (χ4n) is 1.77. The highest BCUT2D eigenvalue weighted by Crippen LogP contribution is 2.21. The predicted molar refractivity (Wildman–Crippen MR) is 81.2 cm³/mol. The Bertz CT molecular complexity index is 523. The van der Waals surface area contributed by atoms with Gasteiger partial charge in [0.1, 0.15) is 10.8 Å². The third-order valence-electron chi connectivity index (χ3n) is 2.66. The molecule has 0 atom stereocenters. The van der Waals surface area contributed by atoms with Crippen LogP contribution in [0.5, 0.6) is 0 Å². The van der Waals surface area contributed by atoms with Crippen molar-refractivity contribution in [2.75, 3.05) is 11.4 Å². The van der Waals surface area contributed by atoms with E-state index in [2.05, 4.69) is 34.3 Å². The molecule has 94 valence electrons. The molecule has 0 amide bonds. The van der Waals surface area contributed by atoms with Crippen LogP contribution in [0.25, 0.3) is 0 Å². The van der Waals surface area contributed by atoms with Crippen LogP contribution in [-0.4, -0.2) is 16.5 Å². The molecule has 0 bridgehead atoms. The molecule has 0 aliphatic carbocycles. The number of nitrogens with zero attached hydrogens (tertiary/aromatic N) is 2. The number of anilines is 1. The van der Waals surface area contributed by atoms with E-state index in [-0.39, 0.29) is 0 Å². The van der Waals surface area contributed by atoms with Gasteiger partial charge in [0.2, 0.25) is 0 Å². The smallest absolute Gasteiger partial charge is 0.139 e. The summed E-state index contributed by atoms with van der Waals surface area (Å²) in [4.78, 5) is 8.29. The SMILES string of the molecule is CCN(Cc1cccs1)c1ncccc1C(N)=S. The molecule has 5 heteroatoms. The van der Waals surface area contributed by atoms with Gasteiger partial charge in [0.15, 0.2) is 0 Å². The molecule has 2 heterocycles. The Hall–Kier alpha value is -1.46. The third kappa shape index (κ3) is 2.86. The van der Waals surface area contributed by atoms with E-state index in [9.17, 15) is 0 Å². The van der Waals surface area contributed by atoms with Crippen molar-refractivity contribution in [2.24, 2.45) is 5.73 Å². The van der Waals surface area contributed by atoms with Gasteiger partial charge in [0.05, 0.1) is 12.1 Å². The minimum Gasteiger partial charge on any atom is -0.389 e. The summed E-state index contributed by atoms with van der Waals surface area (Å²) in [5.41, 5.74) is 6.59. The van der Waals surface area contributed by atoms with Crippen molar-refractivity contribution in [2.45, 2.75) is 13.5 Å². The molecule has 0 saturated carbocycles. The number of pyridine rings is 1. The second kappa shape index (κ2) is 5.93. The maximum atomic E-state index is 5.75. The highest BCUT2D eigenvalue weighted by molar-refractivity contribution is 7.80. The molecule has 2 aromatic rings. The van der Waals surface area contributed by atoms with Crippen LogP contribution in [0.3, 0.4) is 0 Å². The molecule has 0 fully saturated rings. The first-order chi connectivity index (χ1) is 8.72. The first-order valence-electron chi connectivity index (χ1n) is 5.74. The maximum absolute atomic E-state index is 5.75. The van der Waals surface area contributed by atoms with E-state index in [0.717, 1.165) is 24.5 Å². The molecule has 0 unspecified atom stereocenters. The summed E-state index contributed by atoms with van der Waals surface area (Å²) in [6.07, 6.45) is 1.77. The standard InChI is InChI=1S/C13H15N3S2/c1-2-16(9-10-5-4-8-18-10)13-11(12(14)17)6-3-7-15-13/h3-8H,2,9H2,1H3,(H2,14,17). The summed E-state index contributed by atoms with van der Waals surface area (Å²) in [7, 11) is 0. The lowest BCUT2D eigenvalue weighted by molar-refractivity contribution is 0.822. The van der Waals surface area contributed by atoms with E-state index in [1.807, 2.05) is 12.1 Å². The monoisotopic (exact) mass is 277 g/mol. The lowest BCUT2D eigenvalue weighted by atomic mass is 10.2. The van der Waals surface area contributed by atoms with E-state index in [1.54, 1.807) is 17.5 Å². The number of hydrogen-bond acceptors (Lipinski definition) is 4. The van der Waals surface area contributed by atoms with Gasteiger partial charge in [-0.15, -0.1) is 11.3 Å². The molecule has 0 aliphatic heterocycles. The van der Waals surface area contributed by atoms with Crippen molar-refractivity contribution in [1.82, 2.24) is 4.98 Å². The van der Waals surface area contributed by atoms with Gasteiger partial charge >= 0.3 is 0 Å². The number of rotatable bonds is 5. The van der Waals surface area contributed by atoms with Crippen molar-refractivity contribution < 1.29 is 0 Å². The summed E-state index contributed by atoms with van der Waals surface area (Å²) >= 11 is 6.82. The number of hydrogen-bond donors (Lipinski definition) is 1. The van der Waals surface area contributed by atoms with E-state index < -0.39 is 0 Å². The van der Waals surface area contributed by atoms with Crippen LogP contribution in [0.15, 0.2) is 35.8 Å². The quantitative estimate of drug-likeness (QED) is 0.853. The summed E-state index contributed by atoms with van der Waals surface area (Å²) in [6, 6.07) is 7.95. The van der Waals surface area contributed by atoms with E-state index in [0.29, 0.717) is 4.99 Å². The topological polar surface area (TPSA) is 42.2 Å². The van der Waals surface area contributed by atoms with Crippen molar-refractivity contribution in [1.29, 1.82) is 0 Å². The van der Waals surface area contributed by atoms with Gasteiger partial charge in [-0.3, -0.25) is 0 Å². The number of thiocarbonyl (C=S) groups is 1. The largest absolute Gasteiger partial charge is 0.389 e. The molecule has 2 aromatic heterocycles. The Morgan fingerprint density at radius 2 is 2.28 bits per heavy atom. The number of aromatic nitrogens is 1. The van der Waals surface area contributed by atoms with Gasteiger partial charge in [-0.1, -0.05) is 18.3 Å². The minimum absolute atomic E-state index is 0.391. The zero-order valence-corrected chi connectivity index (χ0v) is 11.8. The Morgan fingerprint density at radius 1 is 1.44 bits per heavy atom.